The maximum atomic E-state index is 13.7. The molecule has 11 nitrogen and oxygen atoms in total. The minimum Gasteiger partial charge on any atom is -0.454 e. The molecule has 45 heavy (non-hydrogen) atoms. The third-order valence-corrected chi connectivity index (χ3v) is 8.43. The lowest BCUT2D eigenvalue weighted by atomic mass is 10.0. The Morgan fingerprint density at radius 1 is 1.02 bits per heavy atom. The average Bonchev–Trinajstić information content (AvgIpc) is 3.72. The lowest BCUT2D eigenvalue weighted by Gasteiger charge is -2.31. The van der Waals surface area contributed by atoms with Crippen molar-refractivity contribution in [3.8, 4) is 24.3 Å². The van der Waals surface area contributed by atoms with E-state index in [0.29, 0.717) is 23.5 Å². The van der Waals surface area contributed by atoms with E-state index in [1.54, 1.807) is 36.4 Å². The molecule has 0 radical (unpaired) electrons. The summed E-state index contributed by atoms with van der Waals surface area (Å²) in [5.41, 5.74) is 0.604. The quantitative estimate of drug-likeness (QED) is 0.258. The Morgan fingerprint density at radius 2 is 1.67 bits per heavy atom. The number of hydrogen-bond donors (Lipinski definition) is 4. The highest BCUT2D eigenvalue weighted by molar-refractivity contribution is 7.89. The van der Waals surface area contributed by atoms with Crippen molar-refractivity contribution in [1.29, 1.82) is 0 Å². The van der Waals surface area contributed by atoms with Crippen LogP contribution >= 0.6 is 0 Å². The maximum Gasteiger partial charge on any atom is 0.243 e. The molecule has 2 aromatic rings. The number of rotatable bonds is 12. The third kappa shape index (κ3) is 11.7. The number of nitrogens with one attached hydrogen (secondary N) is 3. The van der Waals surface area contributed by atoms with Crippen LogP contribution in [0.25, 0.3) is 0 Å². The van der Waals surface area contributed by atoms with Crippen molar-refractivity contribution in [2.75, 3.05) is 33.0 Å². The third-order valence-electron chi connectivity index (χ3n) is 6.60. The molecule has 2 amide bonds. The minimum absolute atomic E-state index is 0.0168. The van der Waals surface area contributed by atoms with E-state index in [1.807, 2.05) is 13.8 Å². The smallest absolute Gasteiger partial charge is 0.243 e. The highest BCUT2D eigenvalue weighted by Gasteiger charge is 2.33. The molecule has 0 aliphatic carbocycles. The Balaban J connectivity index is 0.00000109. The number of hydrogen-bond acceptors (Lipinski definition) is 8. The second-order valence-corrected chi connectivity index (χ2v) is 13.8. The number of ether oxygens (including phenoxy) is 2. The summed E-state index contributed by atoms with van der Waals surface area (Å²) in [6, 6.07) is 12.0. The van der Waals surface area contributed by atoms with Crippen LogP contribution in [0, 0.1) is 24.7 Å². The molecule has 4 rings (SSSR count). The zero-order chi connectivity index (χ0) is 33.6. The number of amides is 2. The highest BCUT2D eigenvalue weighted by Crippen LogP contribution is 2.35. The van der Waals surface area contributed by atoms with Crippen LogP contribution in [-0.2, 0) is 19.6 Å². The molecule has 0 bridgehead atoms. The molecular weight excluding hydrogens is 596 g/mol. The number of fused-ring (bicyclic) bond motifs is 1. The van der Waals surface area contributed by atoms with Crippen LogP contribution in [0.3, 0.4) is 0 Å². The van der Waals surface area contributed by atoms with Gasteiger partial charge in [-0.05, 0) is 48.9 Å². The molecule has 0 aromatic heterocycles. The van der Waals surface area contributed by atoms with Gasteiger partial charge in [-0.3, -0.25) is 9.59 Å². The molecule has 1 fully saturated rings. The molecule has 2 heterocycles. The Hall–Kier alpha value is -3.63. The number of sulfonamides is 1. The summed E-state index contributed by atoms with van der Waals surface area (Å²) in [6.45, 7) is 10.6. The van der Waals surface area contributed by atoms with Crippen molar-refractivity contribution in [2.45, 2.75) is 70.5 Å². The molecular formula is C33H48N4O7S. The second kappa shape index (κ2) is 18.4. The zero-order valence-corrected chi connectivity index (χ0v) is 27.7. The van der Waals surface area contributed by atoms with E-state index in [-0.39, 0.29) is 49.2 Å². The fraction of sp³-hybridized carbons (Fsp3) is 0.515. The molecule has 12 heteroatoms. The number of nitrogens with zero attached hydrogens (tertiary/aromatic N) is 1. The normalized spacial score (nSPS) is 16.6. The van der Waals surface area contributed by atoms with Gasteiger partial charge in [-0.2, -0.15) is 4.31 Å². The van der Waals surface area contributed by atoms with Gasteiger partial charge in [-0.25, -0.2) is 8.42 Å². The molecule has 0 saturated carbocycles. The van der Waals surface area contributed by atoms with E-state index in [9.17, 15) is 23.1 Å². The molecule has 1 saturated heterocycles. The first-order valence-corrected chi connectivity index (χ1v) is 16.6. The monoisotopic (exact) mass is 644 g/mol. The molecule has 4 N–H and O–H groups in total. The number of terminal acetylenes is 1. The van der Waals surface area contributed by atoms with Gasteiger partial charge in [0.25, 0.3) is 0 Å². The van der Waals surface area contributed by atoms with E-state index in [2.05, 4.69) is 49.6 Å². The minimum atomic E-state index is -4.03. The van der Waals surface area contributed by atoms with Crippen molar-refractivity contribution in [3.05, 3.63) is 54.1 Å². The maximum absolute atomic E-state index is 13.7. The standard InChI is InChI=1S/C27H36N4O7S.C4H10.C2H2/c1-18(2)15-31(39(35,36)20-10-11-23-24(13-20)38-17-37-23)16-22(32)26(19-7-4-3-5-8-19)30-25(33)14-29-27(34)21-9-6-12-28-21;1-4(2)3;1-2/h3-5,7-8,10-11,13,18,21-22,26,28,32H,6,9,12,14-17H2,1-2H3,(H,29,34)(H,30,33);4H,1-3H3;1-2H/t21-,22+,26-;;/m0../s1. The SMILES string of the molecule is C#C.CC(C)C.CC(C)CN(C[C@@H](O)[C@@H](NC(=O)CNC(=O)[C@@H]1CCCN1)c1ccccc1)S(=O)(=O)c1ccc2c(c1)OCO2. The largest absolute Gasteiger partial charge is 0.454 e. The lowest BCUT2D eigenvalue weighted by Crippen LogP contribution is -2.49. The van der Waals surface area contributed by atoms with Crippen LogP contribution in [0.2, 0.25) is 0 Å². The molecule has 2 aromatic carbocycles. The summed E-state index contributed by atoms with van der Waals surface area (Å²) in [4.78, 5) is 25.2. The van der Waals surface area contributed by atoms with Crippen LogP contribution in [-0.4, -0.2) is 74.8 Å². The first-order valence-electron chi connectivity index (χ1n) is 15.1. The molecule has 3 atom stereocenters. The van der Waals surface area contributed by atoms with E-state index in [0.717, 1.165) is 18.9 Å². The summed E-state index contributed by atoms with van der Waals surface area (Å²) in [6.07, 6.45) is 8.32. The van der Waals surface area contributed by atoms with Gasteiger partial charge in [0.2, 0.25) is 28.6 Å². The van der Waals surface area contributed by atoms with Gasteiger partial charge >= 0.3 is 0 Å². The number of carbonyl (C=O) groups excluding carboxylic acids is 2. The summed E-state index contributed by atoms with van der Waals surface area (Å²) in [5, 5.41) is 19.8. The Bertz CT molecular complexity index is 1340. The van der Waals surface area contributed by atoms with Gasteiger partial charge in [-0.1, -0.05) is 65.0 Å². The fourth-order valence-electron chi connectivity index (χ4n) is 4.66. The molecule has 2 aliphatic heterocycles. The Morgan fingerprint density at radius 3 is 2.27 bits per heavy atom. The van der Waals surface area contributed by atoms with Crippen LogP contribution in [0.1, 0.15) is 59.1 Å². The Labute approximate surface area is 268 Å². The van der Waals surface area contributed by atoms with Crippen LogP contribution in [0.15, 0.2) is 53.4 Å². The fourth-order valence-corrected chi connectivity index (χ4v) is 6.30. The molecule has 0 spiro atoms. The molecule has 0 unspecified atom stereocenters. The second-order valence-electron chi connectivity index (χ2n) is 11.9. The topological polar surface area (TPSA) is 146 Å². The van der Waals surface area contributed by atoms with Gasteiger partial charge in [0, 0.05) is 19.2 Å². The van der Waals surface area contributed by atoms with Crippen LogP contribution in [0.5, 0.6) is 11.5 Å². The first kappa shape index (κ1) is 37.6. The van der Waals surface area contributed by atoms with E-state index in [1.165, 1.54) is 16.4 Å². The number of carbonyl (C=O) groups is 2. The number of benzene rings is 2. The number of aliphatic hydroxyl groups is 1. The van der Waals surface area contributed by atoms with Crippen LogP contribution < -0.4 is 25.4 Å². The van der Waals surface area contributed by atoms with E-state index in [4.69, 9.17) is 9.47 Å². The summed E-state index contributed by atoms with van der Waals surface area (Å²) >= 11 is 0. The van der Waals surface area contributed by atoms with E-state index < -0.39 is 28.1 Å². The van der Waals surface area contributed by atoms with Gasteiger partial charge in [-0.15, -0.1) is 12.8 Å². The van der Waals surface area contributed by atoms with Crippen LogP contribution in [0.4, 0.5) is 0 Å². The summed E-state index contributed by atoms with van der Waals surface area (Å²) < 4.78 is 39.2. The molecule has 2 aliphatic rings. The molecule has 248 valence electrons. The Kier molecular flexibility index (Phi) is 15.3. The summed E-state index contributed by atoms with van der Waals surface area (Å²) in [5.74, 6) is 0.850. The van der Waals surface area contributed by atoms with Crippen molar-refractivity contribution < 1.29 is 32.6 Å². The van der Waals surface area contributed by atoms with Crippen molar-refractivity contribution in [1.82, 2.24) is 20.3 Å². The van der Waals surface area contributed by atoms with Crippen molar-refractivity contribution in [2.24, 2.45) is 11.8 Å². The number of aliphatic hydroxyl groups excluding tert-OH is 1. The van der Waals surface area contributed by atoms with E-state index >= 15 is 0 Å². The van der Waals surface area contributed by atoms with Gasteiger partial charge in [0.1, 0.15) is 0 Å². The van der Waals surface area contributed by atoms with Gasteiger partial charge < -0.3 is 30.5 Å². The predicted octanol–water partition coefficient (Wildman–Crippen LogP) is 3.06. The average molecular weight is 645 g/mol. The van der Waals surface area contributed by atoms with Gasteiger partial charge in [0.05, 0.1) is 29.6 Å². The summed E-state index contributed by atoms with van der Waals surface area (Å²) in [7, 11) is -4.03. The first-order chi connectivity index (χ1) is 21.4. The zero-order valence-electron chi connectivity index (χ0n) is 26.9. The van der Waals surface area contributed by atoms with Gasteiger partial charge in [0.15, 0.2) is 11.5 Å². The highest BCUT2D eigenvalue weighted by atomic mass is 32.2. The van der Waals surface area contributed by atoms with Crippen molar-refractivity contribution >= 4 is 21.8 Å². The lowest BCUT2D eigenvalue weighted by molar-refractivity contribution is -0.127. The van der Waals surface area contributed by atoms with Crippen molar-refractivity contribution in [3.63, 3.8) is 0 Å². The predicted molar refractivity (Wildman–Crippen MR) is 174 cm³/mol.